The van der Waals surface area contributed by atoms with Crippen LogP contribution in [0.2, 0.25) is 0 Å². The summed E-state index contributed by atoms with van der Waals surface area (Å²) in [5, 5.41) is 11.7. The minimum absolute atomic E-state index is 0.0672. The molecule has 1 aromatic heterocycles. The summed E-state index contributed by atoms with van der Waals surface area (Å²) in [7, 11) is 1.55. The molecule has 0 fully saturated rings. The number of para-hydroxylation sites is 2. The van der Waals surface area contributed by atoms with Crippen molar-refractivity contribution in [3.63, 3.8) is 0 Å². The van der Waals surface area contributed by atoms with E-state index in [-0.39, 0.29) is 11.6 Å². The van der Waals surface area contributed by atoms with Crippen molar-refractivity contribution in [2.24, 2.45) is 0 Å². The van der Waals surface area contributed by atoms with Crippen LogP contribution < -0.4 is 10.1 Å². The van der Waals surface area contributed by atoms with E-state index < -0.39 is 5.97 Å². The minimum atomic E-state index is -1.10. The van der Waals surface area contributed by atoms with Gasteiger partial charge < -0.3 is 15.2 Å². The number of hydrogen-bond acceptors (Lipinski definition) is 5. The van der Waals surface area contributed by atoms with Crippen LogP contribution in [0, 0.1) is 0 Å². The molecule has 2 aromatic rings. The fraction of sp³-hybridized carbons (Fsp3) is 0.0833. The highest BCUT2D eigenvalue weighted by Gasteiger charge is 2.08. The van der Waals surface area contributed by atoms with Gasteiger partial charge in [0, 0.05) is 6.20 Å². The lowest BCUT2D eigenvalue weighted by Crippen LogP contribution is -2.05. The van der Waals surface area contributed by atoms with Gasteiger partial charge in [-0.2, -0.15) is 0 Å². The van der Waals surface area contributed by atoms with Crippen LogP contribution in [0.1, 0.15) is 10.5 Å². The standard InChI is InChI=1S/C12H11N3O3/c1-18-10-5-3-2-4-8(10)14-12-13-7-6-9(15-12)11(16)17/h2-7H,1H3,(H,16,17)(H,13,14,15). The number of aromatic carboxylic acids is 1. The largest absolute Gasteiger partial charge is 0.495 e. The van der Waals surface area contributed by atoms with Crippen molar-refractivity contribution in [3.8, 4) is 5.75 Å². The van der Waals surface area contributed by atoms with Crippen LogP contribution in [0.15, 0.2) is 36.5 Å². The number of carbonyl (C=O) groups is 1. The zero-order valence-corrected chi connectivity index (χ0v) is 9.62. The van der Waals surface area contributed by atoms with Crippen molar-refractivity contribution in [2.75, 3.05) is 12.4 Å². The van der Waals surface area contributed by atoms with Gasteiger partial charge in [0.25, 0.3) is 0 Å². The van der Waals surface area contributed by atoms with Crippen LogP contribution in [0.3, 0.4) is 0 Å². The zero-order chi connectivity index (χ0) is 13.0. The predicted octanol–water partition coefficient (Wildman–Crippen LogP) is 1.93. The van der Waals surface area contributed by atoms with Crippen LogP contribution in [-0.2, 0) is 0 Å². The van der Waals surface area contributed by atoms with Crippen molar-refractivity contribution in [1.29, 1.82) is 0 Å². The highest BCUT2D eigenvalue weighted by molar-refractivity contribution is 5.85. The number of benzene rings is 1. The lowest BCUT2D eigenvalue weighted by atomic mass is 10.3. The highest BCUT2D eigenvalue weighted by atomic mass is 16.5. The summed E-state index contributed by atoms with van der Waals surface area (Å²) in [5.74, 6) is -0.262. The number of aromatic nitrogens is 2. The molecule has 2 N–H and O–H groups in total. The summed E-state index contributed by atoms with van der Waals surface area (Å²) in [4.78, 5) is 18.6. The lowest BCUT2D eigenvalue weighted by Gasteiger charge is -2.09. The van der Waals surface area contributed by atoms with E-state index in [1.807, 2.05) is 12.1 Å². The molecule has 1 aromatic carbocycles. The number of carboxylic acid groups (broad SMARTS) is 1. The predicted molar refractivity (Wildman–Crippen MR) is 65.3 cm³/mol. The van der Waals surface area contributed by atoms with Crippen LogP contribution >= 0.6 is 0 Å². The summed E-state index contributed by atoms with van der Waals surface area (Å²) in [6, 6.07) is 8.55. The SMILES string of the molecule is COc1ccccc1Nc1nccc(C(=O)O)n1. The summed E-state index contributed by atoms with van der Waals surface area (Å²) >= 11 is 0. The fourth-order valence-electron chi connectivity index (χ4n) is 1.41. The highest BCUT2D eigenvalue weighted by Crippen LogP contribution is 2.25. The molecule has 92 valence electrons. The summed E-state index contributed by atoms with van der Waals surface area (Å²) in [6.07, 6.45) is 1.38. The smallest absolute Gasteiger partial charge is 0.354 e. The van der Waals surface area contributed by atoms with Gasteiger partial charge in [-0.25, -0.2) is 14.8 Å². The molecule has 0 radical (unpaired) electrons. The Balaban J connectivity index is 2.28. The molecule has 18 heavy (non-hydrogen) atoms. The van der Waals surface area contributed by atoms with E-state index in [9.17, 15) is 4.79 Å². The molecule has 2 rings (SSSR count). The van der Waals surface area contributed by atoms with Crippen molar-refractivity contribution in [3.05, 3.63) is 42.2 Å². The summed E-state index contributed by atoms with van der Waals surface area (Å²) in [6.45, 7) is 0. The van der Waals surface area contributed by atoms with E-state index in [2.05, 4.69) is 15.3 Å². The maximum atomic E-state index is 10.8. The Hall–Kier alpha value is -2.63. The van der Waals surface area contributed by atoms with Gasteiger partial charge in [-0.1, -0.05) is 12.1 Å². The van der Waals surface area contributed by atoms with E-state index in [1.54, 1.807) is 19.2 Å². The number of rotatable bonds is 4. The number of nitrogens with one attached hydrogen (secondary N) is 1. The number of methoxy groups -OCH3 is 1. The molecule has 0 aliphatic carbocycles. The third-order valence-corrected chi connectivity index (χ3v) is 2.23. The first-order valence-electron chi connectivity index (χ1n) is 5.17. The number of carboxylic acids is 1. The summed E-state index contributed by atoms with van der Waals surface area (Å²) < 4.78 is 5.16. The van der Waals surface area contributed by atoms with Gasteiger partial charge in [-0.15, -0.1) is 0 Å². The molecule has 6 nitrogen and oxygen atoms in total. The van der Waals surface area contributed by atoms with Gasteiger partial charge in [0.05, 0.1) is 12.8 Å². The van der Waals surface area contributed by atoms with E-state index in [1.165, 1.54) is 12.3 Å². The molecule has 0 atom stereocenters. The number of ether oxygens (including phenoxy) is 1. The third kappa shape index (κ3) is 2.54. The minimum Gasteiger partial charge on any atom is -0.495 e. The second-order valence-electron chi connectivity index (χ2n) is 3.40. The Bertz CT molecular complexity index is 572. The van der Waals surface area contributed by atoms with Gasteiger partial charge in [-0.3, -0.25) is 0 Å². The number of hydrogen-bond donors (Lipinski definition) is 2. The Morgan fingerprint density at radius 3 is 2.83 bits per heavy atom. The molecule has 0 unspecified atom stereocenters. The maximum Gasteiger partial charge on any atom is 0.354 e. The van der Waals surface area contributed by atoms with Crippen LogP contribution in [0.5, 0.6) is 5.75 Å². The quantitative estimate of drug-likeness (QED) is 0.856. The van der Waals surface area contributed by atoms with Crippen molar-refractivity contribution in [1.82, 2.24) is 9.97 Å². The molecule has 6 heteroatoms. The van der Waals surface area contributed by atoms with Gasteiger partial charge in [0.1, 0.15) is 5.75 Å². The molecule has 0 saturated heterocycles. The average molecular weight is 245 g/mol. The number of nitrogens with zero attached hydrogens (tertiary/aromatic N) is 2. The second kappa shape index (κ2) is 5.13. The van der Waals surface area contributed by atoms with E-state index in [0.717, 1.165) is 0 Å². The first kappa shape index (κ1) is 11.8. The molecule has 0 aliphatic rings. The topological polar surface area (TPSA) is 84.3 Å². The Morgan fingerprint density at radius 1 is 1.33 bits per heavy atom. The van der Waals surface area contributed by atoms with E-state index in [0.29, 0.717) is 11.4 Å². The van der Waals surface area contributed by atoms with Crippen molar-refractivity contribution < 1.29 is 14.6 Å². The third-order valence-electron chi connectivity index (χ3n) is 2.23. The molecule has 1 heterocycles. The van der Waals surface area contributed by atoms with Crippen molar-refractivity contribution >= 4 is 17.6 Å². The van der Waals surface area contributed by atoms with Gasteiger partial charge >= 0.3 is 5.97 Å². The first-order valence-corrected chi connectivity index (χ1v) is 5.17. The first-order chi connectivity index (χ1) is 8.70. The molecular formula is C12H11N3O3. The Labute approximate surface area is 103 Å². The fourth-order valence-corrected chi connectivity index (χ4v) is 1.41. The average Bonchev–Trinajstić information content (AvgIpc) is 2.39. The van der Waals surface area contributed by atoms with Gasteiger partial charge in [0.15, 0.2) is 5.69 Å². The molecule has 0 aliphatic heterocycles. The number of anilines is 2. The molecule has 0 spiro atoms. The van der Waals surface area contributed by atoms with Crippen LogP contribution in [-0.4, -0.2) is 28.2 Å². The van der Waals surface area contributed by atoms with Crippen molar-refractivity contribution in [2.45, 2.75) is 0 Å². The van der Waals surface area contributed by atoms with Gasteiger partial charge in [0.2, 0.25) is 5.95 Å². The normalized spacial score (nSPS) is 9.83. The van der Waals surface area contributed by atoms with E-state index in [4.69, 9.17) is 9.84 Å². The second-order valence-corrected chi connectivity index (χ2v) is 3.40. The monoisotopic (exact) mass is 245 g/mol. The molecule has 0 amide bonds. The summed E-state index contributed by atoms with van der Waals surface area (Å²) in [5.41, 5.74) is 0.602. The lowest BCUT2D eigenvalue weighted by molar-refractivity contribution is 0.0690. The molecule has 0 bridgehead atoms. The Morgan fingerprint density at radius 2 is 2.11 bits per heavy atom. The van der Waals surface area contributed by atoms with Gasteiger partial charge in [-0.05, 0) is 18.2 Å². The van der Waals surface area contributed by atoms with E-state index >= 15 is 0 Å². The molecular weight excluding hydrogens is 234 g/mol. The zero-order valence-electron chi connectivity index (χ0n) is 9.62. The van der Waals surface area contributed by atoms with Crippen LogP contribution in [0.25, 0.3) is 0 Å². The maximum absolute atomic E-state index is 10.8. The Kier molecular flexibility index (Phi) is 3.38. The molecule has 0 saturated carbocycles. The van der Waals surface area contributed by atoms with Crippen LogP contribution in [0.4, 0.5) is 11.6 Å².